The molecule has 3 aliphatic rings. The lowest BCUT2D eigenvalue weighted by atomic mass is 9.79. The Bertz CT molecular complexity index is 334. The molecule has 2 heteroatoms. The molecule has 1 atom stereocenters. The number of fused-ring (bicyclic) bond motifs is 1. The summed E-state index contributed by atoms with van der Waals surface area (Å²) in [6.07, 6.45) is 6.13. The standard InChI is InChI=1S/C11H12O2/c12-9-2-1-7-5-10(13)11(3-4-11)6-8(7)9/h5,8H,1-4,6H2. The maximum absolute atomic E-state index is 11.6. The molecule has 0 saturated heterocycles. The lowest BCUT2D eigenvalue weighted by Gasteiger charge is -2.22. The van der Waals surface area contributed by atoms with Crippen LogP contribution in [0.4, 0.5) is 0 Å². The minimum atomic E-state index is -0.0752. The summed E-state index contributed by atoms with van der Waals surface area (Å²) in [7, 11) is 0. The fourth-order valence-corrected chi connectivity index (χ4v) is 2.65. The van der Waals surface area contributed by atoms with Gasteiger partial charge in [-0.2, -0.15) is 0 Å². The molecule has 1 spiro atoms. The Labute approximate surface area is 77.0 Å². The van der Waals surface area contributed by atoms with Crippen LogP contribution in [0, 0.1) is 11.3 Å². The van der Waals surface area contributed by atoms with E-state index in [2.05, 4.69) is 0 Å². The Morgan fingerprint density at radius 3 is 2.69 bits per heavy atom. The summed E-state index contributed by atoms with van der Waals surface area (Å²) in [5.74, 6) is 0.790. The van der Waals surface area contributed by atoms with Gasteiger partial charge in [0.25, 0.3) is 0 Å². The highest BCUT2D eigenvalue weighted by Gasteiger charge is 2.54. The predicted molar refractivity (Wildman–Crippen MR) is 47.1 cm³/mol. The van der Waals surface area contributed by atoms with Crippen molar-refractivity contribution in [2.45, 2.75) is 32.1 Å². The summed E-state index contributed by atoms with van der Waals surface area (Å²) < 4.78 is 0. The number of allylic oxidation sites excluding steroid dienone is 2. The van der Waals surface area contributed by atoms with Crippen molar-refractivity contribution in [2.75, 3.05) is 0 Å². The number of carbonyl (C=O) groups excluding carboxylic acids is 2. The highest BCUT2D eigenvalue weighted by atomic mass is 16.1. The van der Waals surface area contributed by atoms with Gasteiger partial charge in [0.1, 0.15) is 5.78 Å². The summed E-state index contributed by atoms with van der Waals surface area (Å²) in [5, 5.41) is 0. The van der Waals surface area contributed by atoms with Gasteiger partial charge in [-0.25, -0.2) is 0 Å². The number of Topliss-reactive ketones (excluding diaryl/α,β-unsaturated/α-hetero) is 1. The molecule has 2 fully saturated rings. The monoisotopic (exact) mass is 176 g/mol. The Kier molecular flexibility index (Phi) is 1.22. The van der Waals surface area contributed by atoms with E-state index in [1.54, 1.807) is 6.08 Å². The summed E-state index contributed by atoms with van der Waals surface area (Å²) in [4.78, 5) is 23.1. The van der Waals surface area contributed by atoms with Gasteiger partial charge >= 0.3 is 0 Å². The minimum Gasteiger partial charge on any atom is -0.299 e. The first-order chi connectivity index (χ1) is 6.21. The van der Waals surface area contributed by atoms with Crippen molar-refractivity contribution in [3.63, 3.8) is 0 Å². The van der Waals surface area contributed by atoms with E-state index >= 15 is 0 Å². The SMILES string of the molecule is O=C1CCC2=CC(=O)C3(CC3)CC12. The van der Waals surface area contributed by atoms with Crippen LogP contribution < -0.4 is 0 Å². The van der Waals surface area contributed by atoms with E-state index in [9.17, 15) is 9.59 Å². The average Bonchev–Trinajstić information content (AvgIpc) is 2.80. The van der Waals surface area contributed by atoms with Crippen molar-refractivity contribution in [2.24, 2.45) is 11.3 Å². The van der Waals surface area contributed by atoms with Crippen LogP contribution in [0.2, 0.25) is 0 Å². The molecule has 1 unspecified atom stereocenters. The number of hydrogen-bond donors (Lipinski definition) is 0. The van der Waals surface area contributed by atoms with E-state index in [1.165, 1.54) is 0 Å². The van der Waals surface area contributed by atoms with Gasteiger partial charge in [0.05, 0.1) is 0 Å². The molecular weight excluding hydrogens is 164 g/mol. The summed E-state index contributed by atoms with van der Waals surface area (Å²) >= 11 is 0. The molecule has 0 aromatic heterocycles. The summed E-state index contributed by atoms with van der Waals surface area (Å²) in [6.45, 7) is 0. The van der Waals surface area contributed by atoms with Gasteiger partial charge in [-0.3, -0.25) is 9.59 Å². The zero-order valence-electron chi connectivity index (χ0n) is 7.51. The molecule has 0 aromatic carbocycles. The van der Waals surface area contributed by atoms with Crippen LogP contribution in [-0.4, -0.2) is 11.6 Å². The van der Waals surface area contributed by atoms with Gasteiger partial charge in [0, 0.05) is 17.8 Å². The second-order valence-corrected chi connectivity index (χ2v) is 4.59. The van der Waals surface area contributed by atoms with Gasteiger partial charge in [-0.1, -0.05) is 5.57 Å². The second-order valence-electron chi connectivity index (χ2n) is 4.59. The Balaban J connectivity index is 2.01. The fourth-order valence-electron chi connectivity index (χ4n) is 2.65. The maximum Gasteiger partial charge on any atom is 0.161 e. The normalized spacial score (nSPS) is 34.8. The molecule has 0 heterocycles. The zero-order chi connectivity index (χ0) is 9.05. The first-order valence-electron chi connectivity index (χ1n) is 4.99. The molecule has 0 N–H and O–H groups in total. The van der Waals surface area contributed by atoms with E-state index in [0.29, 0.717) is 18.0 Å². The number of rotatable bonds is 0. The van der Waals surface area contributed by atoms with Gasteiger partial charge < -0.3 is 0 Å². The van der Waals surface area contributed by atoms with Gasteiger partial charge in [-0.05, 0) is 31.8 Å². The topological polar surface area (TPSA) is 34.1 Å². The van der Waals surface area contributed by atoms with Gasteiger partial charge in [0.2, 0.25) is 0 Å². The first-order valence-corrected chi connectivity index (χ1v) is 4.99. The third-order valence-electron chi connectivity index (χ3n) is 3.78. The third kappa shape index (κ3) is 0.888. The van der Waals surface area contributed by atoms with E-state index in [0.717, 1.165) is 31.3 Å². The van der Waals surface area contributed by atoms with E-state index in [-0.39, 0.29) is 11.3 Å². The average molecular weight is 176 g/mol. The largest absolute Gasteiger partial charge is 0.299 e. The molecule has 0 bridgehead atoms. The molecule has 0 aromatic rings. The van der Waals surface area contributed by atoms with E-state index < -0.39 is 0 Å². The Morgan fingerprint density at radius 1 is 1.23 bits per heavy atom. The van der Waals surface area contributed by atoms with Crippen molar-refractivity contribution in [1.82, 2.24) is 0 Å². The van der Waals surface area contributed by atoms with Gasteiger partial charge in [-0.15, -0.1) is 0 Å². The first kappa shape index (κ1) is 7.48. The van der Waals surface area contributed by atoms with Crippen LogP contribution >= 0.6 is 0 Å². The molecular formula is C11H12O2. The molecule has 13 heavy (non-hydrogen) atoms. The van der Waals surface area contributed by atoms with Crippen molar-refractivity contribution in [1.29, 1.82) is 0 Å². The third-order valence-corrected chi connectivity index (χ3v) is 3.78. The zero-order valence-corrected chi connectivity index (χ0v) is 7.51. The molecule has 68 valence electrons. The molecule has 0 aliphatic heterocycles. The van der Waals surface area contributed by atoms with Crippen LogP contribution in [0.3, 0.4) is 0 Å². The summed E-state index contributed by atoms with van der Waals surface area (Å²) in [5.41, 5.74) is 1.04. The van der Waals surface area contributed by atoms with Crippen LogP contribution in [-0.2, 0) is 9.59 Å². The van der Waals surface area contributed by atoms with Crippen LogP contribution in [0.1, 0.15) is 32.1 Å². The Morgan fingerprint density at radius 2 is 2.00 bits per heavy atom. The van der Waals surface area contributed by atoms with Crippen molar-refractivity contribution >= 4 is 11.6 Å². The van der Waals surface area contributed by atoms with Crippen molar-refractivity contribution in [3.8, 4) is 0 Å². The number of carbonyl (C=O) groups is 2. The van der Waals surface area contributed by atoms with E-state index in [4.69, 9.17) is 0 Å². The molecule has 3 aliphatic carbocycles. The fraction of sp³-hybridized carbons (Fsp3) is 0.636. The molecule has 0 radical (unpaired) electrons. The highest BCUT2D eigenvalue weighted by Crippen LogP contribution is 2.56. The number of ketones is 2. The molecule has 3 rings (SSSR count). The Hall–Kier alpha value is -0.920. The van der Waals surface area contributed by atoms with E-state index in [1.807, 2.05) is 0 Å². The molecule has 0 amide bonds. The van der Waals surface area contributed by atoms with Crippen molar-refractivity contribution in [3.05, 3.63) is 11.6 Å². The van der Waals surface area contributed by atoms with Crippen LogP contribution in [0.25, 0.3) is 0 Å². The lowest BCUT2D eigenvalue weighted by molar-refractivity contribution is -0.123. The molecule has 2 nitrogen and oxygen atoms in total. The van der Waals surface area contributed by atoms with Gasteiger partial charge in [0.15, 0.2) is 5.78 Å². The molecule has 2 saturated carbocycles. The quantitative estimate of drug-likeness (QED) is 0.562. The summed E-state index contributed by atoms with van der Waals surface area (Å²) in [6, 6.07) is 0. The lowest BCUT2D eigenvalue weighted by Crippen LogP contribution is -2.26. The highest BCUT2D eigenvalue weighted by molar-refractivity contribution is 6.02. The maximum atomic E-state index is 11.6. The minimum absolute atomic E-state index is 0.0752. The van der Waals surface area contributed by atoms with Crippen LogP contribution in [0.5, 0.6) is 0 Å². The smallest absolute Gasteiger partial charge is 0.161 e. The van der Waals surface area contributed by atoms with Crippen LogP contribution in [0.15, 0.2) is 11.6 Å². The number of hydrogen-bond acceptors (Lipinski definition) is 2. The predicted octanol–water partition coefficient (Wildman–Crippen LogP) is 1.64. The second kappa shape index (κ2) is 2.11. The van der Waals surface area contributed by atoms with Crippen molar-refractivity contribution < 1.29 is 9.59 Å².